The number of hydrogen-bond donors (Lipinski definition) is 2. The molecule has 2 aromatic rings. The second kappa shape index (κ2) is 9.94. The summed E-state index contributed by atoms with van der Waals surface area (Å²) in [6.07, 6.45) is 4.39. The molecule has 1 aromatic carbocycles. The van der Waals surface area contributed by atoms with E-state index >= 15 is 0 Å². The van der Waals surface area contributed by atoms with Gasteiger partial charge in [0.1, 0.15) is 4.70 Å². The standard InChI is InChI=1S/C16H18N2O2S.C4H4O4/c1-11(2)17-8-6-12(7-9-17)14-10-21-16-13(14)4-3-5-15(16)18(19)20;5-3(6)1-2-4(7)8/h3-6,10-11H,7-9H2,1-2H3;1-2H,(H,5,6)(H,7,8)/b;2-1-. The predicted molar refractivity (Wildman–Crippen MR) is 112 cm³/mol. The lowest BCUT2D eigenvalue weighted by Crippen LogP contribution is -2.34. The van der Waals surface area contributed by atoms with Crippen molar-refractivity contribution in [2.24, 2.45) is 0 Å². The lowest BCUT2D eigenvalue weighted by Gasteiger charge is -2.29. The molecular weight excluding hydrogens is 396 g/mol. The zero-order valence-electron chi connectivity index (χ0n) is 16.1. The summed E-state index contributed by atoms with van der Waals surface area (Å²) in [5.41, 5.74) is 2.70. The summed E-state index contributed by atoms with van der Waals surface area (Å²) in [6, 6.07) is 5.91. The normalized spacial score (nSPS) is 14.5. The molecule has 0 fully saturated rings. The van der Waals surface area contributed by atoms with Gasteiger partial charge in [-0.05, 0) is 36.8 Å². The number of benzene rings is 1. The van der Waals surface area contributed by atoms with Crippen molar-refractivity contribution in [3.8, 4) is 0 Å². The minimum atomic E-state index is -1.26. The molecular formula is C20H22N2O6S. The van der Waals surface area contributed by atoms with E-state index in [0.717, 1.165) is 29.6 Å². The van der Waals surface area contributed by atoms with Gasteiger partial charge in [-0.15, -0.1) is 11.3 Å². The minimum Gasteiger partial charge on any atom is -0.478 e. The molecule has 0 atom stereocenters. The van der Waals surface area contributed by atoms with Gasteiger partial charge in [-0.2, -0.15) is 0 Å². The number of nitro groups is 1. The molecule has 1 aliphatic rings. The van der Waals surface area contributed by atoms with E-state index in [1.54, 1.807) is 12.1 Å². The van der Waals surface area contributed by atoms with E-state index in [0.29, 0.717) is 18.2 Å². The van der Waals surface area contributed by atoms with E-state index in [-0.39, 0.29) is 10.6 Å². The number of rotatable bonds is 5. The summed E-state index contributed by atoms with van der Waals surface area (Å²) < 4.78 is 0.782. The molecule has 3 rings (SSSR count). The molecule has 154 valence electrons. The van der Waals surface area contributed by atoms with Crippen LogP contribution in [0.4, 0.5) is 5.69 Å². The van der Waals surface area contributed by atoms with Gasteiger partial charge >= 0.3 is 11.9 Å². The largest absolute Gasteiger partial charge is 0.478 e. The van der Waals surface area contributed by atoms with E-state index in [4.69, 9.17) is 10.2 Å². The quantitative estimate of drug-likeness (QED) is 0.427. The number of carboxylic acids is 2. The molecule has 0 bridgehead atoms. The van der Waals surface area contributed by atoms with Crippen LogP contribution >= 0.6 is 11.3 Å². The van der Waals surface area contributed by atoms with Crippen molar-refractivity contribution in [1.29, 1.82) is 0 Å². The fourth-order valence-electron chi connectivity index (χ4n) is 2.98. The van der Waals surface area contributed by atoms with E-state index in [1.165, 1.54) is 22.5 Å². The highest BCUT2D eigenvalue weighted by molar-refractivity contribution is 7.18. The number of nitro benzene ring substituents is 1. The Balaban J connectivity index is 0.000000321. The average Bonchev–Trinajstić information content (AvgIpc) is 3.11. The first kappa shape index (κ1) is 22.3. The first-order valence-electron chi connectivity index (χ1n) is 8.92. The number of carbonyl (C=O) groups is 2. The molecule has 0 radical (unpaired) electrons. The summed E-state index contributed by atoms with van der Waals surface area (Å²) in [4.78, 5) is 32.4. The highest BCUT2D eigenvalue weighted by Gasteiger charge is 2.20. The number of carboxylic acid groups (broad SMARTS) is 2. The van der Waals surface area contributed by atoms with E-state index < -0.39 is 11.9 Å². The monoisotopic (exact) mass is 418 g/mol. The topological polar surface area (TPSA) is 121 Å². The van der Waals surface area contributed by atoms with Crippen LogP contribution in [0.1, 0.15) is 25.8 Å². The van der Waals surface area contributed by atoms with Crippen LogP contribution in [-0.4, -0.2) is 51.1 Å². The van der Waals surface area contributed by atoms with Crippen molar-refractivity contribution in [2.45, 2.75) is 26.3 Å². The Labute approximate surface area is 171 Å². The van der Waals surface area contributed by atoms with Crippen molar-refractivity contribution in [3.05, 3.63) is 57.5 Å². The summed E-state index contributed by atoms with van der Waals surface area (Å²) in [5.74, 6) is -2.51. The lowest BCUT2D eigenvalue weighted by molar-refractivity contribution is -0.382. The molecule has 8 nitrogen and oxygen atoms in total. The predicted octanol–water partition coefficient (Wildman–Crippen LogP) is 4.02. The molecule has 1 aromatic heterocycles. The Kier molecular flexibility index (Phi) is 7.63. The van der Waals surface area contributed by atoms with Gasteiger partial charge in [0, 0.05) is 42.7 Å². The maximum Gasteiger partial charge on any atom is 0.328 e. The van der Waals surface area contributed by atoms with Crippen molar-refractivity contribution >= 4 is 44.6 Å². The summed E-state index contributed by atoms with van der Waals surface area (Å²) in [5, 5.41) is 29.8. The zero-order valence-corrected chi connectivity index (χ0v) is 16.9. The second-order valence-electron chi connectivity index (χ2n) is 6.64. The Morgan fingerprint density at radius 1 is 1.24 bits per heavy atom. The Hall–Kier alpha value is -3.04. The molecule has 0 unspecified atom stereocenters. The van der Waals surface area contributed by atoms with Gasteiger partial charge in [-0.25, -0.2) is 9.59 Å². The van der Waals surface area contributed by atoms with Crippen LogP contribution in [0.25, 0.3) is 15.7 Å². The van der Waals surface area contributed by atoms with Gasteiger partial charge in [-0.3, -0.25) is 15.0 Å². The molecule has 1 aliphatic heterocycles. The highest BCUT2D eigenvalue weighted by atomic mass is 32.1. The molecule has 0 amide bonds. The molecule has 0 saturated carbocycles. The van der Waals surface area contributed by atoms with Crippen molar-refractivity contribution in [2.75, 3.05) is 13.1 Å². The van der Waals surface area contributed by atoms with Crippen LogP contribution in [0.3, 0.4) is 0 Å². The summed E-state index contributed by atoms with van der Waals surface area (Å²) >= 11 is 1.47. The number of aliphatic carboxylic acids is 2. The lowest BCUT2D eigenvalue weighted by atomic mass is 9.98. The van der Waals surface area contributed by atoms with Crippen LogP contribution in [0.5, 0.6) is 0 Å². The van der Waals surface area contributed by atoms with Crippen LogP contribution in [0, 0.1) is 10.1 Å². The van der Waals surface area contributed by atoms with Gasteiger partial charge in [0.2, 0.25) is 0 Å². The first-order chi connectivity index (χ1) is 13.7. The fraction of sp³-hybridized carbons (Fsp3) is 0.300. The Morgan fingerprint density at radius 3 is 2.38 bits per heavy atom. The number of hydrogen-bond acceptors (Lipinski definition) is 6. The van der Waals surface area contributed by atoms with Crippen molar-refractivity contribution in [3.63, 3.8) is 0 Å². The van der Waals surface area contributed by atoms with Gasteiger partial charge in [-0.1, -0.05) is 18.2 Å². The fourth-order valence-corrected chi connectivity index (χ4v) is 4.06. The maximum atomic E-state index is 11.1. The first-order valence-corrected chi connectivity index (χ1v) is 9.80. The van der Waals surface area contributed by atoms with Gasteiger partial charge in [0.15, 0.2) is 0 Å². The molecule has 0 spiro atoms. The van der Waals surface area contributed by atoms with Crippen molar-refractivity contribution in [1.82, 2.24) is 4.90 Å². The number of thiophene rings is 1. The third kappa shape index (κ3) is 5.97. The molecule has 0 aliphatic carbocycles. The number of non-ortho nitro benzene ring substituents is 1. The highest BCUT2D eigenvalue weighted by Crippen LogP contribution is 2.38. The van der Waals surface area contributed by atoms with Crippen LogP contribution in [0.2, 0.25) is 0 Å². The third-order valence-electron chi connectivity index (χ3n) is 4.46. The minimum absolute atomic E-state index is 0.212. The zero-order chi connectivity index (χ0) is 21.6. The van der Waals surface area contributed by atoms with Crippen LogP contribution < -0.4 is 0 Å². The molecule has 9 heteroatoms. The summed E-state index contributed by atoms with van der Waals surface area (Å²) in [7, 11) is 0. The molecule has 0 saturated heterocycles. The van der Waals surface area contributed by atoms with E-state index in [2.05, 4.69) is 30.2 Å². The number of fused-ring (bicyclic) bond motifs is 1. The average molecular weight is 418 g/mol. The SMILES string of the molecule is CC(C)N1CC=C(c2csc3c([N+](=O)[O-])cccc23)CC1.O=C(O)/C=C\C(=O)O. The second-order valence-corrected chi connectivity index (χ2v) is 7.52. The van der Waals surface area contributed by atoms with E-state index in [9.17, 15) is 19.7 Å². The van der Waals surface area contributed by atoms with Crippen molar-refractivity contribution < 1.29 is 24.7 Å². The van der Waals surface area contributed by atoms with Gasteiger partial charge < -0.3 is 10.2 Å². The van der Waals surface area contributed by atoms with Gasteiger partial charge in [0.25, 0.3) is 5.69 Å². The Morgan fingerprint density at radius 2 is 1.90 bits per heavy atom. The molecule has 29 heavy (non-hydrogen) atoms. The van der Waals surface area contributed by atoms with Crippen LogP contribution in [-0.2, 0) is 9.59 Å². The summed E-state index contributed by atoms with van der Waals surface area (Å²) in [6.45, 7) is 6.43. The van der Waals surface area contributed by atoms with E-state index in [1.807, 2.05) is 6.07 Å². The molecule has 2 N–H and O–H groups in total. The third-order valence-corrected chi connectivity index (χ3v) is 5.48. The maximum absolute atomic E-state index is 11.1. The Bertz CT molecular complexity index is 961. The number of nitrogens with zero attached hydrogens (tertiary/aromatic N) is 2. The smallest absolute Gasteiger partial charge is 0.328 e. The molecule has 2 heterocycles. The van der Waals surface area contributed by atoms with Gasteiger partial charge in [0.05, 0.1) is 4.92 Å². The van der Waals surface area contributed by atoms with Crippen LogP contribution in [0.15, 0.2) is 41.8 Å².